The van der Waals surface area contributed by atoms with E-state index in [0.29, 0.717) is 30.6 Å². The Morgan fingerprint density at radius 3 is 2.79 bits per heavy atom. The van der Waals surface area contributed by atoms with Gasteiger partial charge < -0.3 is 4.90 Å². The van der Waals surface area contributed by atoms with Crippen LogP contribution in [-0.2, 0) is 16.4 Å². The Labute approximate surface area is 141 Å². The highest BCUT2D eigenvalue weighted by atomic mass is 32.2. The molecule has 1 aromatic carbocycles. The number of fused-ring (bicyclic) bond motifs is 1. The van der Waals surface area contributed by atoms with Crippen LogP contribution in [0.3, 0.4) is 0 Å². The Bertz CT molecular complexity index is 859. The largest absolute Gasteiger partial charge is 0.335 e. The third-order valence-electron chi connectivity index (χ3n) is 4.43. The van der Waals surface area contributed by atoms with Gasteiger partial charge in [0.2, 0.25) is 0 Å². The number of sulfone groups is 1. The highest BCUT2D eigenvalue weighted by molar-refractivity contribution is 7.91. The first-order valence-electron chi connectivity index (χ1n) is 8.30. The SMILES string of the molecule is CCCN(C(=O)c1ccc2c(c1)nnn2CC)[C@@H]1CCS(=O)(=O)C1. The van der Waals surface area contributed by atoms with Crippen molar-refractivity contribution in [2.75, 3.05) is 18.1 Å². The van der Waals surface area contributed by atoms with Gasteiger partial charge in [0.1, 0.15) is 5.52 Å². The molecule has 1 fully saturated rings. The van der Waals surface area contributed by atoms with E-state index in [1.807, 2.05) is 19.9 Å². The number of nitrogens with zero attached hydrogens (tertiary/aromatic N) is 4. The number of carbonyl (C=O) groups excluding carboxylic acids is 1. The fourth-order valence-electron chi connectivity index (χ4n) is 3.22. The summed E-state index contributed by atoms with van der Waals surface area (Å²) in [4.78, 5) is 14.6. The molecule has 1 saturated heterocycles. The molecule has 0 spiro atoms. The van der Waals surface area contributed by atoms with E-state index in [1.165, 1.54) is 0 Å². The number of benzene rings is 1. The minimum Gasteiger partial charge on any atom is -0.335 e. The van der Waals surface area contributed by atoms with Crippen molar-refractivity contribution in [3.63, 3.8) is 0 Å². The lowest BCUT2D eigenvalue weighted by atomic mass is 10.1. The number of hydrogen-bond acceptors (Lipinski definition) is 5. The van der Waals surface area contributed by atoms with Crippen LogP contribution < -0.4 is 0 Å². The van der Waals surface area contributed by atoms with E-state index < -0.39 is 9.84 Å². The topological polar surface area (TPSA) is 85.2 Å². The zero-order valence-electron chi connectivity index (χ0n) is 14.0. The summed E-state index contributed by atoms with van der Waals surface area (Å²) in [6.07, 6.45) is 1.30. The van der Waals surface area contributed by atoms with Crippen molar-refractivity contribution < 1.29 is 13.2 Å². The molecule has 1 atom stereocenters. The first-order chi connectivity index (χ1) is 11.4. The second-order valence-electron chi connectivity index (χ2n) is 6.16. The lowest BCUT2D eigenvalue weighted by Gasteiger charge is -2.28. The summed E-state index contributed by atoms with van der Waals surface area (Å²) < 4.78 is 25.3. The molecule has 2 aromatic rings. The molecule has 0 N–H and O–H groups in total. The van der Waals surface area contributed by atoms with Crippen LogP contribution in [0.1, 0.15) is 37.0 Å². The van der Waals surface area contributed by atoms with Gasteiger partial charge in [-0.15, -0.1) is 5.10 Å². The van der Waals surface area contributed by atoms with E-state index in [9.17, 15) is 13.2 Å². The zero-order chi connectivity index (χ0) is 17.3. The molecule has 0 bridgehead atoms. The standard InChI is InChI=1S/C16H22N4O3S/c1-3-8-19(13-7-9-24(22,23)11-13)16(21)12-5-6-15-14(10-12)17-18-20(15)4-2/h5-6,10,13H,3-4,7-9,11H2,1-2H3/t13-/m1/s1. The van der Waals surface area contributed by atoms with E-state index in [0.717, 1.165) is 11.9 Å². The number of rotatable bonds is 5. The summed E-state index contributed by atoms with van der Waals surface area (Å²) in [5.74, 6) is 0.0917. The fraction of sp³-hybridized carbons (Fsp3) is 0.562. The predicted octanol–water partition coefficient (Wildman–Crippen LogP) is 1.49. The molecule has 1 aliphatic heterocycles. The van der Waals surface area contributed by atoms with E-state index >= 15 is 0 Å². The van der Waals surface area contributed by atoms with Gasteiger partial charge in [0.15, 0.2) is 9.84 Å². The first-order valence-corrected chi connectivity index (χ1v) is 10.1. The quantitative estimate of drug-likeness (QED) is 0.815. The number of carbonyl (C=O) groups is 1. The molecule has 1 aromatic heterocycles. The fourth-order valence-corrected chi connectivity index (χ4v) is 4.95. The van der Waals surface area contributed by atoms with Gasteiger partial charge in [0, 0.05) is 24.7 Å². The normalized spacial score (nSPS) is 19.7. The molecule has 3 rings (SSSR count). The van der Waals surface area contributed by atoms with Crippen molar-refractivity contribution in [3.05, 3.63) is 23.8 Å². The second-order valence-corrected chi connectivity index (χ2v) is 8.39. The average Bonchev–Trinajstić information content (AvgIpc) is 3.13. The van der Waals surface area contributed by atoms with Crippen LogP contribution in [0.5, 0.6) is 0 Å². The van der Waals surface area contributed by atoms with E-state index in [-0.39, 0.29) is 23.5 Å². The van der Waals surface area contributed by atoms with E-state index in [2.05, 4.69) is 10.3 Å². The van der Waals surface area contributed by atoms with Crippen LogP contribution >= 0.6 is 0 Å². The van der Waals surface area contributed by atoms with Crippen LogP contribution in [0, 0.1) is 0 Å². The van der Waals surface area contributed by atoms with Crippen LogP contribution in [0.4, 0.5) is 0 Å². The maximum absolute atomic E-state index is 12.9. The van der Waals surface area contributed by atoms with Gasteiger partial charge >= 0.3 is 0 Å². The van der Waals surface area contributed by atoms with Gasteiger partial charge in [-0.3, -0.25) is 4.79 Å². The molecule has 2 heterocycles. The summed E-state index contributed by atoms with van der Waals surface area (Å²) in [6, 6.07) is 5.13. The molecule has 0 saturated carbocycles. The highest BCUT2D eigenvalue weighted by Gasteiger charge is 2.34. The van der Waals surface area contributed by atoms with Crippen LogP contribution in [0.2, 0.25) is 0 Å². The monoisotopic (exact) mass is 350 g/mol. The zero-order valence-corrected chi connectivity index (χ0v) is 14.8. The molecule has 130 valence electrons. The number of aromatic nitrogens is 3. The smallest absolute Gasteiger partial charge is 0.254 e. The maximum atomic E-state index is 12.9. The van der Waals surface area contributed by atoms with Gasteiger partial charge in [0.25, 0.3) is 5.91 Å². The third-order valence-corrected chi connectivity index (χ3v) is 6.19. The van der Waals surface area contributed by atoms with Crippen molar-refractivity contribution in [3.8, 4) is 0 Å². The Kier molecular flexibility index (Phi) is 4.58. The summed E-state index contributed by atoms with van der Waals surface area (Å²) in [5, 5.41) is 8.16. The molecular formula is C16H22N4O3S. The molecule has 0 unspecified atom stereocenters. The molecular weight excluding hydrogens is 328 g/mol. The van der Waals surface area contributed by atoms with Crippen LogP contribution in [0.15, 0.2) is 18.2 Å². The molecule has 7 nitrogen and oxygen atoms in total. The number of amides is 1. The highest BCUT2D eigenvalue weighted by Crippen LogP contribution is 2.22. The second kappa shape index (κ2) is 6.51. The van der Waals surface area contributed by atoms with Crippen molar-refractivity contribution in [2.24, 2.45) is 0 Å². The van der Waals surface area contributed by atoms with Gasteiger partial charge in [-0.25, -0.2) is 13.1 Å². The molecule has 24 heavy (non-hydrogen) atoms. The minimum atomic E-state index is -3.03. The average molecular weight is 350 g/mol. The van der Waals surface area contributed by atoms with Crippen molar-refractivity contribution in [1.82, 2.24) is 19.9 Å². The lowest BCUT2D eigenvalue weighted by Crippen LogP contribution is -2.41. The number of aryl methyl sites for hydroxylation is 1. The van der Waals surface area contributed by atoms with Gasteiger partial charge in [-0.1, -0.05) is 12.1 Å². The molecule has 0 radical (unpaired) electrons. The molecule has 8 heteroatoms. The Morgan fingerprint density at radius 1 is 1.38 bits per heavy atom. The Balaban J connectivity index is 1.90. The summed E-state index contributed by atoms with van der Waals surface area (Å²) in [5.41, 5.74) is 2.10. The summed E-state index contributed by atoms with van der Waals surface area (Å²) in [6.45, 7) is 5.24. The third kappa shape index (κ3) is 3.15. The van der Waals surface area contributed by atoms with E-state index in [4.69, 9.17) is 0 Å². The van der Waals surface area contributed by atoms with Gasteiger partial charge in [-0.2, -0.15) is 0 Å². The summed E-state index contributed by atoms with van der Waals surface area (Å²) in [7, 11) is -3.03. The molecule has 1 amide bonds. The summed E-state index contributed by atoms with van der Waals surface area (Å²) >= 11 is 0. The Morgan fingerprint density at radius 2 is 2.17 bits per heavy atom. The maximum Gasteiger partial charge on any atom is 0.254 e. The Hall–Kier alpha value is -1.96. The van der Waals surface area contributed by atoms with Gasteiger partial charge in [0.05, 0.1) is 17.0 Å². The molecule has 1 aliphatic rings. The number of hydrogen-bond donors (Lipinski definition) is 0. The van der Waals surface area contributed by atoms with Crippen LogP contribution in [-0.4, -0.2) is 58.3 Å². The first kappa shape index (κ1) is 16.9. The van der Waals surface area contributed by atoms with Gasteiger partial charge in [-0.05, 0) is 38.0 Å². The predicted molar refractivity (Wildman–Crippen MR) is 91.6 cm³/mol. The van der Waals surface area contributed by atoms with Crippen LogP contribution in [0.25, 0.3) is 11.0 Å². The minimum absolute atomic E-state index is 0.0625. The van der Waals surface area contributed by atoms with Crippen molar-refractivity contribution in [1.29, 1.82) is 0 Å². The van der Waals surface area contributed by atoms with Crippen molar-refractivity contribution in [2.45, 2.75) is 39.3 Å². The van der Waals surface area contributed by atoms with Crippen molar-refractivity contribution >= 4 is 26.8 Å². The van der Waals surface area contributed by atoms with E-state index in [1.54, 1.807) is 21.7 Å². The molecule has 0 aliphatic carbocycles. The lowest BCUT2D eigenvalue weighted by molar-refractivity contribution is 0.0697.